The maximum absolute atomic E-state index is 12.7. The molecule has 1 aliphatic heterocycles. The summed E-state index contributed by atoms with van der Waals surface area (Å²) in [6, 6.07) is 0. The molecule has 0 amide bonds. The van der Waals surface area contributed by atoms with Crippen LogP contribution in [0.3, 0.4) is 0 Å². The smallest absolute Gasteiger partial charge is 0.351 e. The number of hydrogen-bond acceptors (Lipinski definition) is 6. The second-order valence-corrected chi connectivity index (χ2v) is 7.56. The molecule has 2 aliphatic carbocycles. The van der Waals surface area contributed by atoms with Crippen LogP contribution in [0.25, 0.3) is 0 Å². The van der Waals surface area contributed by atoms with Crippen molar-refractivity contribution < 1.29 is 29.0 Å². The molecule has 0 aromatic rings. The third kappa shape index (κ3) is 2.55. The minimum Gasteiger partial charge on any atom is -0.458 e. The molecular formula is C20H24O6. The Labute approximate surface area is 152 Å². The number of hydrogen-bond donors (Lipinski definition) is 1. The molecule has 0 unspecified atom stereocenters. The number of allylic oxidation sites excluding steroid dienone is 2. The van der Waals surface area contributed by atoms with Crippen LogP contribution in [0.4, 0.5) is 0 Å². The van der Waals surface area contributed by atoms with Gasteiger partial charge in [0.15, 0.2) is 5.78 Å². The normalized spacial score (nSPS) is 37.0. The first-order chi connectivity index (χ1) is 12.1. The van der Waals surface area contributed by atoms with E-state index in [9.17, 15) is 19.5 Å². The number of aliphatic hydroxyl groups excluding tert-OH is 1. The van der Waals surface area contributed by atoms with E-state index in [0.717, 1.165) is 11.1 Å². The van der Waals surface area contributed by atoms with Crippen molar-refractivity contribution in [2.45, 2.75) is 58.8 Å². The number of esters is 2. The molecule has 6 heteroatoms. The number of carbonyl (C=O) groups is 3. The Morgan fingerprint density at radius 2 is 2.04 bits per heavy atom. The monoisotopic (exact) mass is 360 g/mol. The van der Waals surface area contributed by atoms with E-state index in [4.69, 9.17) is 9.47 Å². The van der Waals surface area contributed by atoms with Gasteiger partial charge in [-0.3, -0.25) is 4.79 Å². The second kappa shape index (κ2) is 6.20. The van der Waals surface area contributed by atoms with E-state index in [-0.39, 0.29) is 12.2 Å². The average Bonchev–Trinajstić information content (AvgIpc) is 2.94. The minimum atomic E-state index is -1.60. The van der Waals surface area contributed by atoms with Crippen molar-refractivity contribution >= 4 is 17.7 Å². The molecule has 3 aliphatic rings. The summed E-state index contributed by atoms with van der Waals surface area (Å²) in [5.74, 6) is -2.57. The molecule has 0 aromatic carbocycles. The molecule has 0 aromatic heterocycles. The lowest BCUT2D eigenvalue weighted by Gasteiger charge is -2.32. The third-order valence-electron chi connectivity index (χ3n) is 5.84. The fourth-order valence-corrected chi connectivity index (χ4v) is 4.33. The van der Waals surface area contributed by atoms with Gasteiger partial charge in [-0.05, 0) is 47.1 Å². The Kier molecular flexibility index (Phi) is 4.43. The summed E-state index contributed by atoms with van der Waals surface area (Å²) in [5, 5.41) is 10.8. The van der Waals surface area contributed by atoms with Crippen LogP contribution in [0.5, 0.6) is 0 Å². The molecule has 0 radical (unpaired) electrons. The lowest BCUT2D eigenvalue weighted by molar-refractivity contribution is -0.173. The van der Waals surface area contributed by atoms with Crippen molar-refractivity contribution in [3.8, 4) is 0 Å². The van der Waals surface area contributed by atoms with Gasteiger partial charge in [-0.1, -0.05) is 17.2 Å². The highest BCUT2D eigenvalue weighted by molar-refractivity contribution is 6.09. The van der Waals surface area contributed by atoms with E-state index in [2.05, 4.69) is 0 Å². The Hall–Kier alpha value is -2.21. The maximum Gasteiger partial charge on any atom is 0.351 e. The van der Waals surface area contributed by atoms with Gasteiger partial charge in [0.1, 0.15) is 6.10 Å². The third-order valence-corrected chi connectivity index (χ3v) is 5.84. The van der Waals surface area contributed by atoms with E-state index >= 15 is 0 Å². The van der Waals surface area contributed by atoms with E-state index in [1.165, 1.54) is 6.92 Å². The minimum absolute atomic E-state index is 0.107. The molecule has 1 N–H and O–H groups in total. The summed E-state index contributed by atoms with van der Waals surface area (Å²) < 4.78 is 11.1. The Morgan fingerprint density at radius 3 is 2.65 bits per heavy atom. The number of aliphatic hydroxyl groups is 1. The zero-order valence-corrected chi connectivity index (χ0v) is 15.7. The molecule has 1 fully saturated rings. The standard InChI is InChI=1S/C20H24O6/c1-6-9(2)18(23)26-20(5)16-13(22)8-10(3)14-12(21)7-11(4)15(14)17(16)25-19(20)24/h6-7,13,15-17,22H,8H2,1-5H3/b9-6-/t13-,15+,16+,17-,20-/m0/s1. The Balaban J connectivity index is 2.05. The molecule has 0 saturated carbocycles. The molecule has 5 atom stereocenters. The van der Waals surface area contributed by atoms with Crippen LogP contribution in [0.15, 0.2) is 34.4 Å². The fourth-order valence-electron chi connectivity index (χ4n) is 4.33. The summed E-state index contributed by atoms with van der Waals surface area (Å²) in [4.78, 5) is 37.4. The van der Waals surface area contributed by atoms with Crippen LogP contribution in [0.1, 0.15) is 41.0 Å². The molecule has 6 nitrogen and oxygen atoms in total. The lowest BCUT2D eigenvalue weighted by atomic mass is 9.77. The lowest BCUT2D eigenvalue weighted by Crippen LogP contribution is -2.49. The van der Waals surface area contributed by atoms with Crippen LogP contribution < -0.4 is 0 Å². The summed E-state index contributed by atoms with van der Waals surface area (Å²) in [6.45, 7) is 8.41. The zero-order chi connectivity index (χ0) is 19.4. The van der Waals surface area contributed by atoms with Crippen LogP contribution in [0.2, 0.25) is 0 Å². The average molecular weight is 360 g/mol. The number of fused-ring (bicyclic) bond motifs is 3. The molecule has 140 valence electrons. The zero-order valence-electron chi connectivity index (χ0n) is 15.7. The van der Waals surface area contributed by atoms with Gasteiger partial charge < -0.3 is 14.6 Å². The van der Waals surface area contributed by atoms with Crippen molar-refractivity contribution in [3.63, 3.8) is 0 Å². The summed E-state index contributed by atoms with van der Waals surface area (Å²) in [6.07, 6.45) is 1.67. The first-order valence-electron chi connectivity index (χ1n) is 8.79. The van der Waals surface area contributed by atoms with Gasteiger partial charge in [0.05, 0.1) is 12.0 Å². The quantitative estimate of drug-likeness (QED) is 0.599. The molecule has 26 heavy (non-hydrogen) atoms. The molecule has 0 bridgehead atoms. The van der Waals surface area contributed by atoms with Crippen LogP contribution in [0, 0.1) is 11.8 Å². The Morgan fingerprint density at radius 1 is 1.38 bits per heavy atom. The number of ketones is 1. The van der Waals surface area contributed by atoms with Crippen LogP contribution in [-0.4, -0.2) is 40.6 Å². The maximum atomic E-state index is 12.7. The van der Waals surface area contributed by atoms with E-state index in [0.29, 0.717) is 11.1 Å². The summed E-state index contributed by atoms with van der Waals surface area (Å²) >= 11 is 0. The first-order valence-corrected chi connectivity index (χ1v) is 8.79. The van der Waals surface area contributed by atoms with Crippen molar-refractivity contribution in [1.82, 2.24) is 0 Å². The number of carbonyl (C=O) groups excluding carboxylic acids is 3. The highest BCUT2D eigenvalue weighted by Gasteiger charge is 2.64. The Bertz CT molecular complexity index is 786. The predicted molar refractivity (Wildman–Crippen MR) is 92.9 cm³/mol. The highest BCUT2D eigenvalue weighted by Crippen LogP contribution is 2.50. The van der Waals surface area contributed by atoms with Gasteiger partial charge in [0.2, 0.25) is 5.60 Å². The van der Waals surface area contributed by atoms with E-state index in [1.807, 2.05) is 13.8 Å². The molecular weight excluding hydrogens is 336 g/mol. The summed E-state index contributed by atoms with van der Waals surface area (Å²) in [7, 11) is 0. The van der Waals surface area contributed by atoms with Gasteiger partial charge >= 0.3 is 11.9 Å². The largest absolute Gasteiger partial charge is 0.458 e. The van der Waals surface area contributed by atoms with Crippen molar-refractivity contribution in [1.29, 1.82) is 0 Å². The summed E-state index contributed by atoms with van der Waals surface area (Å²) in [5.41, 5.74) is 0.924. The molecule has 1 heterocycles. The van der Waals surface area contributed by atoms with Gasteiger partial charge in [0, 0.05) is 17.1 Å². The molecule has 3 rings (SSSR count). The molecule has 0 spiro atoms. The van der Waals surface area contributed by atoms with Crippen molar-refractivity contribution in [2.24, 2.45) is 11.8 Å². The second-order valence-electron chi connectivity index (χ2n) is 7.56. The number of ether oxygens (including phenoxy) is 2. The van der Waals surface area contributed by atoms with E-state index in [1.54, 1.807) is 26.0 Å². The SMILES string of the molecule is C/C=C(/C)C(=O)O[C@]1(C)C(=O)O[C@H]2[C@@H]3C(C)=CC(=O)C3=C(C)C[C@H](O)[C@H]21. The van der Waals surface area contributed by atoms with Crippen molar-refractivity contribution in [3.05, 3.63) is 34.4 Å². The van der Waals surface area contributed by atoms with Gasteiger partial charge in [-0.2, -0.15) is 0 Å². The van der Waals surface area contributed by atoms with Crippen LogP contribution >= 0.6 is 0 Å². The van der Waals surface area contributed by atoms with Gasteiger partial charge in [-0.15, -0.1) is 0 Å². The van der Waals surface area contributed by atoms with Gasteiger partial charge in [0.25, 0.3) is 0 Å². The van der Waals surface area contributed by atoms with Gasteiger partial charge in [-0.25, -0.2) is 9.59 Å². The first kappa shape index (κ1) is 18.6. The number of rotatable bonds is 2. The highest BCUT2D eigenvalue weighted by atomic mass is 16.6. The molecule has 1 saturated heterocycles. The van der Waals surface area contributed by atoms with Crippen LogP contribution in [-0.2, 0) is 23.9 Å². The topological polar surface area (TPSA) is 89.9 Å². The predicted octanol–water partition coefficient (Wildman–Crippen LogP) is 2.02. The fraction of sp³-hybridized carbons (Fsp3) is 0.550. The van der Waals surface area contributed by atoms with Crippen molar-refractivity contribution in [2.75, 3.05) is 0 Å². The van der Waals surface area contributed by atoms with E-state index < -0.39 is 41.6 Å².